The van der Waals surface area contributed by atoms with Gasteiger partial charge in [-0.2, -0.15) is 0 Å². The van der Waals surface area contributed by atoms with Gasteiger partial charge in [-0.25, -0.2) is 9.78 Å². The van der Waals surface area contributed by atoms with Crippen molar-refractivity contribution in [3.63, 3.8) is 0 Å². The Labute approximate surface area is 208 Å². The molecule has 0 atom stereocenters. The van der Waals surface area contributed by atoms with Gasteiger partial charge in [0.2, 0.25) is 0 Å². The molecule has 1 saturated carbocycles. The molecule has 2 aromatic carbocycles. The number of hydrogen-bond acceptors (Lipinski definition) is 7. The summed E-state index contributed by atoms with van der Waals surface area (Å²) in [7, 11) is 1.52. The predicted molar refractivity (Wildman–Crippen MR) is 133 cm³/mol. The minimum atomic E-state index is -0.959. The van der Waals surface area contributed by atoms with Crippen LogP contribution >= 0.6 is 0 Å². The standard InChI is InChI=1S/C27H28N4O5/c1-35-16-36-26-22-23(25(32)29-30-26)31(24(28-22)19-7-3-2-4-8-19)15-17-11-13-18(14-12-17)20-9-5-6-10-21(20)27(33)34/h5-6,9-14,19H,2-4,7-8,15-16H2,1H3,(H,29,32)(H,33,34). The van der Waals surface area contributed by atoms with Gasteiger partial charge in [0.15, 0.2) is 12.3 Å². The second-order valence-corrected chi connectivity index (χ2v) is 9.02. The summed E-state index contributed by atoms with van der Waals surface area (Å²) in [5.74, 6) is 0.220. The van der Waals surface area contributed by atoms with E-state index in [-0.39, 0.29) is 30.0 Å². The van der Waals surface area contributed by atoms with Crippen LogP contribution in [0.3, 0.4) is 0 Å². The van der Waals surface area contributed by atoms with Crippen molar-refractivity contribution < 1.29 is 24.5 Å². The molecule has 0 aliphatic heterocycles. The molecule has 36 heavy (non-hydrogen) atoms. The van der Waals surface area contributed by atoms with Gasteiger partial charge in [-0.05, 0) is 35.6 Å². The number of aromatic nitrogens is 4. The van der Waals surface area contributed by atoms with E-state index < -0.39 is 5.97 Å². The molecule has 1 aliphatic carbocycles. The first-order valence-corrected chi connectivity index (χ1v) is 12.1. The van der Waals surface area contributed by atoms with E-state index in [0.717, 1.165) is 42.6 Å². The van der Waals surface area contributed by atoms with Crippen molar-refractivity contribution in [1.29, 1.82) is 0 Å². The lowest BCUT2D eigenvalue weighted by Gasteiger charge is -2.22. The number of rotatable bonds is 8. The first-order chi connectivity index (χ1) is 17.6. The Morgan fingerprint density at radius 1 is 1.06 bits per heavy atom. The fraction of sp³-hybridized carbons (Fsp3) is 0.333. The number of fused-ring (bicyclic) bond motifs is 1. The number of nitrogens with zero attached hydrogens (tertiary/aromatic N) is 4. The highest BCUT2D eigenvalue weighted by Gasteiger charge is 2.27. The molecule has 2 heterocycles. The Morgan fingerprint density at radius 2 is 1.81 bits per heavy atom. The highest BCUT2D eigenvalue weighted by molar-refractivity contribution is 5.96. The third kappa shape index (κ3) is 4.61. The number of carbonyl (C=O) groups is 1. The zero-order valence-corrected chi connectivity index (χ0v) is 20.1. The third-order valence-electron chi connectivity index (χ3n) is 6.69. The molecule has 2 N–H and O–H groups in total. The van der Waals surface area contributed by atoms with Gasteiger partial charge in [0, 0.05) is 19.6 Å². The fourth-order valence-electron chi connectivity index (χ4n) is 4.97. The molecule has 4 aromatic rings. The van der Waals surface area contributed by atoms with Crippen molar-refractivity contribution in [2.24, 2.45) is 0 Å². The minimum absolute atomic E-state index is 0.000539. The van der Waals surface area contributed by atoms with Crippen molar-refractivity contribution >= 4 is 17.0 Å². The summed E-state index contributed by atoms with van der Waals surface area (Å²) < 4.78 is 12.6. The molecule has 0 spiro atoms. The molecule has 0 unspecified atom stereocenters. The van der Waals surface area contributed by atoms with E-state index in [1.165, 1.54) is 13.5 Å². The van der Waals surface area contributed by atoms with Gasteiger partial charge in [-0.1, -0.05) is 61.7 Å². The van der Waals surface area contributed by atoms with Crippen molar-refractivity contribution in [2.75, 3.05) is 13.9 Å². The lowest BCUT2D eigenvalue weighted by atomic mass is 9.88. The highest BCUT2D eigenvalue weighted by Crippen LogP contribution is 2.38. The summed E-state index contributed by atoms with van der Waals surface area (Å²) in [6, 6.07) is 14.7. The average molecular weight is 489 g/mol. The van der Waals surface area contributed by atoms with Crippen LogP contribution in [0.15, 0.2) is 48.5 Å². The minimum Gasteiger partial charge on any atom is -0.491 e. The maximum absolute atomic E-state index is 11.6. The van der Waals surface area contributed by atoms with Gasteiger partial charge in [0.1, 0.15) is 11.3 Å². The summed E-state index contributed by atoms with van der Waals surface area (Å²) >= 11 is 0. The van der Waals surface area contributed by atoms with E-state index in [1.807, 2.05) is 34.9 Å². The number of hydrogen-bond donors (Lipinski definition) is 2. The van der Waals surface area contributed by atoms with Crippen LogP contribution < -0.4 is 4.74 Å². The molecular weight excluding hydrogens is 460 g/mol. The van der Waals surface area contributed by atoms with Crippen molar-refractivity contribution in [3.8, 4) is 22.9 Å². The molecule has 0 radical (unpaired) electrons. The molecule has 0 bridgehead atoms. The van der Waals surface area contributed by atoms with E-state index in [2.05, 4.69) is 10.2 Å². The van der Waals surface area contributed by atoms with Gasteiger partial charge in [-0.15, -0.1) is 10.2 Å². The second-order valence-electron chi connectivity index (χ2n) is 9.02. The molecule has 9 nitrogen and oxygen atoms in total. The van der Waals surface area contributed by atoms with Crippen molar-refractivity contribution in [2.45, 2.75) is 44.6 Å². The van der Waals surface area contributed by atoms with Crippen molar-refractivity contribution in [1.82, 2.24) is 19.7 Å². The van der Waals surface area contributed by atoms with Crippen molar-refractivity contribution in [3.05, 3.63) is 65.5 Å². The number of aromatic carboxylic acids is 1. The van der Waals surface area contributed by atoms with Crippen LogP contribution in [0.4, 0.5) is 0 Å². The lowest BCUT2D eigenvalue weighted by Crippen LogP contribution is -2.13. The van der Waals surface area contributed by atoms with Crippen LogP contribution in [0.2, 0.25) is 0 Å². The SMILES string of the molecule is COCOc1nnc(O)c2c1nc(C1CCCCC1)n2Cc1ccc(-c2ccccc2C(=O)O)cc1. The zero-order chi connectivity index (χ0) is 25.1. The summed E-state index contributed by atoms with van der Waals surface area (Å²) in [5, 5.41) is 28.1. The van der Waals surface area contributed by atoms with Gasteiger partial charge < -0.3 is 24.3 Å². The van der Waals surface area contributed by atoms with Gasteiger partial charge in [0.25, 0.3) is 11.8 Å². The number of methoxy groups -OCH3 is 1. The Bertz CT molecular complexity index is 1380. The van der Waals surface area contributed by atoms with E-state index in [4.69, 9.17) is 14.5 Å². The molecule has 186 valence electrons. The molecule has 0 amide bonds. The molecule has 0 saturated heterocycles. The highest BCUT2D eigenvalue weighted by atomic mass is 16.7. The molecule has 9 heteroatoms. The number of aromatic hydroxyl groups is 1. The van der Waals surface area contributed by atoms with Gasteiger partial charge in [-0.3, -0.25) is 0 Å². The monoisotopic (exact) mass is 488 g/mol. The first kappa shape index (κ1) is 23.7. The smallest absolute Gasteiger partial charge is 0.336 e. The number of imidazole rings is 1. The fourth-order valence-corrected chi connectivity index (χ4v) is 4.97. The maximum Gasteiger partial charge on any atom is 0.336 e. The summed E-state index contributed by atoms with van der Waals surface area (Å²) in [6.07, 6.45) is 5.56. The Morgan fingerprint density at radius 3 is 2.53 bits per heavy atom. The normalized spacial score (nSPS) is 14.2. The molecular formula is C27H28N4O5. The zero-order valence-electron chi connectivity index (χ0n) is 20.1. The molecule has 2 aromatic heterocycles. The first-order valence-electron chi connectivity index (χ1n) is 12.1. The van der Waals surface area contributed by atoms with Crippen LogP contribution in [0.25, 0.3) is 22.2 Å². The second kappa shape index (κ2) is 10.3. The molecule has 1 fully saturated rings. The van der Waals surface area contributed by atoms with E-state index in [0.29, 0.717) is 23.1 Å². The maximum atomic E-state index is 11.6. The molecule has 5 rings (SSSR count). The third-order valence-corrected chi connectivity index (χ3v) is 6.69. The van der Waals surface area contributed by atoms with E-state index in [1.54, 1.807) is 18.2 Å². The largest absolute Gasteiger partial charge is 0.491 e. The van der Waals surface area contributed by atoms with E-state index >= 15 is 0 Å². The number of ether oxygens (including phenoxy) is 2. The predicted octanol–water partition coefficient (Wildman–Crippen LogP) is 4.98. The van der Waals surface area contributed by atoms with Crippen LogP contribution in [0.1, 0.15) is 59.8 Å². The van der Waals surface area contributed by atoms with Crippen LogP contribution in [0, 0.1) is 0 Å². The quantitative estimate of drug-likeness (QED) is 0.334. The number of carboxylic acids is 1. The molecule has 1 aliphatic rings. The Kier molecular flexibility index (Phi) is 6.81. The van der Waals surface area contributed by atoms with Crippen LogP contribution in [-0.4, -0.2) is 49.8 Å². The van der Waals surface area contributed by atoms with E-state index in [9.17, 15) is 15.0 Å². The van der Waals surface area contributed by atoms with Gasteiger partial charge >= 0.3 is 5.97 Å². The number of carboxylic acid groups (broad SMARTS) is 1. The van der Waals surface area contributed by atoms with Crippen LogP contribution in [0.5, 0.6) is 11.8 Å². The topological polar surface area (TPSA) is 120 Å². The summed E-state index contributed by atoms with van der Waals surface area (Å²) in [5.41, 5.74) is 3.68. The lowest BCUT2D eigenvalue weighted by molar-refractivity contribution is 0.0481. The van der Waals surface area contributed by atoms with Gasteiger partial charge in [0.05, 0.1) is 5.56 Å². The average Bonchev–Trinajstić information content (AvgIpc) is 3.29. The van der Waals surface area contributed by atoms with Crippen LogP contribution in [-0.2, 0) is 11.3 Å². The Balaban J connectivity index is 1.55. The summed E-state index contributed by atoms with van der Waals surface area (Å²) in [6.45, 7) is 0.464. The summed E-state index contributed by atoms with van der Waals surface area (Å²) in [4.78, 5) is 16.5. The number of benzene rings is 2. The Hall–Kier alpha value is -3.98.